The van der Waals surface area contributed by atoms with Gasteiger partial charge in [-0.3, -0.25) is 0 Å². The number of hydrogen-bond acceptors (Lipinski definition) is 3. The number of esters is 1. The summed E-state index contributed by atoms with van der Waals surface area (Å²) in [4.78, 5) is 11.9. The standard InChI is InChI=1S/C17H34NO3/c1-3-4-5-6-7-8-9-13-21-17(20)15-18(2)12-10-11-16(19)14-18/h16,19H,3-15H2,1-2H3/q+1. The Morgan fingerprint density at radius 2 is 1.86 bits per heavy atom. The van der Waals surface area contributed by atoms with E-state index in [2.05, 4.69) is 6.92 Å². The van der Waals surface area contributed by atoms with Gasteiger partial charge in [-0.1, -0.05) is 45.4 Å². The number of carbonyl (C=O) groups excluding carboxylic acids is 1. The van der Waals surface area contributed by atoms with Gasteiger partial charge >= 0.3 is 5.97 Å². The fourth-order valence-corrected chi connectivity index (χ4v) is 3.15. The lowest BCUT2D eigenvalue weighted by Gasteiger charge is -2.38. The van der Waals surface area contributed by atoms with Crippen LogP contribution in [0.3, 0.4) is 0 Å². The number of likely N-dealkylation sites (N-methyl/N-ethyl adjacent to an activating group) is 1. The Morgan fingerprint density at radius 3 is 2.52 bits per heavy atom. The van der Waals surface area contributed by atoms with Crippen LogP contribution >= 0.6 is 0 Å². The monoisotopic (exact) mass is 300 g/mol. The smallest absolute Gasteiger partial charge is 0.361 e. The van der Waals surface area contributed by atoms with Crippen molar-refractivity contribution in [3.63, 3.8) is 0 Å². The lowest BCUT2D eigenvalue weighted by molar-refractivity contribution is -0.910. The van der Waals surface area contributed by atoms with Gasteiger partial charge in [0.1, 0.15) is 12.6 Å². The fraction of sp³-hybridized carbons (Fsp3) is 0.941. The molecule has 4 heteroatoms. The van der Waals surface area contributed by atoms with Gasteiger partial charge in [-0.15, -0.1) is 0 Å². The van der Waals surface area contributed by atoms with Crippen LogP contribution in [0.5, 0.6) is 0 Å². The summed E-state index contributed by atoms with van der Waals surface area (Å²) < 4.78 is 5.96. The molecule has 0 spiro atoms. The molecule has 0 saturated carbocycles. The van der Waals surface area contributed by atoms with E-state index >= 15 is 0 Å². The van der Waals surface area contributed by atoms with Crippen molar-refractivity contribution in [3.8, 4) is 0 Å². The van der Waals surface area contributed by atoms with Crippen molar-refractivity contribution >= 4 is 5.97 Å². The first-order valence-corrected chi connectivity index (χ1v) is 8.73. The molecule has 4 nitrogen and oxygen atoms in total. The van der Waals surface area contributed by atoms with Crippen molar-refractivity contribution in [2.75, 3.05) is 33.3 Å². The Balaban J connectivity index is 2.03. The van der Waals surface area contributed by atoms with Crippen molar-refractivity contribution in [2.45, 2.75) is 70.8 Å². The molecule has 1 fully saturated rings. The number of quaternary nitrogens is 1. The first-order valence-electron chi connectivity index (χ1n) is 8.73. The SMILES string of the molecule is CCCCCCCCCOC(=O)C[N+]1(C)CCCC(O)C1. The van der Waals surface area contributed by atoms with Gasteiger partial charge in [0, 0.05) is 0 Å². The molecule has 1 heterocycles. The third-order valence-electron chi connectivity index (χ3n) is 4.41. The van der Waals surface area contributed by atoms with Gasteiger partial charge in [0.05, 0.1) is 20.2 Å². The van der Waals surface area contributed by atoms with Crippen molar-refractivity contribution in [2.24, 2.45) is 0 Å². The predicted octanol–water partition coefficient (Wildman–Crippen LogP) is 2.88. The number of aliphatic hydroxyl groups is 1. The molecule has 1 rings (SSSR count). The van der Waals surface area contributed by atoms with Crippen LogP contribution in [-0.4, -0.2) is 55.0 Å². The first-order chi connectivity index (χ1) is 10.1. The van der Waals surface area contributed by atoms with Crippen LogP contribution in [0.15, 0.2) is 0 Å². The van der Waals surface area contributed by atoms with Crippen LogP contribution in [0, 0.1) is 0 Å². The minimum absolute atomic E-state index is 0.113. The quantitative estimate of drug-likeness (QED) is 0.383. The number of aliphatic hydroxyl groups excluding tert-OH is 1. The number of piperidine rings is 1. The molecule has 124 valence electrons. The van der Waals surface area contributed by atoms with Crippen LogP contribution in [0.4, 0.5) is 0 Å². The van der Waals surface area contributed by atoms with E-state index in [9.17, 15) is 9.90 Å². The van der Waals surface area contributed by atoms with E-state index in [0.29, 0.717) is 24.2 Å². The minimum Gasteiger partial charge on any atom is -0.462 e. The average molecular weight is 300 g/mol. The maximum atomic E-state index is 11.9. The summed E-state index contributed by atoms with van der Waals surface area (Å²) >= 11 is 0. The summed E-state index contributed by atoms with van der Waals surface area (Å²) in [5.74, 6) is -0.113. The molecular formula is C17H34NO3+. The van der Waals surface area contributed by atoms with Gasteiger partial charge in [0.25, 0.3) is 0 Å². The van der Waals surface area contributed by atoms with Gasteiger partial charge in [0.2, 0.25) is 0 Å². The highest BCUT2D eigenvalue weighted by molar-refractivity contribution is 5.70. The second kappa shape index (κ2) is 10.2. The van der Waals surface area contributed by atoms with Crippen LogP contribution in [0.25, 0.3) is 0 Å². The predicted molar refractivity (Wildman–Crippen MR) is 85.0 cm³/mol. The van der Waals surface area contributed by atoms with E-state index in [-0.39, 0.29) is 12.1 Å². The highest BCUT2D eigenvalue weighted by Gasteiger charge is 2.32. The summed E-state index contributed by atoms with van der Waals surface area (Å²) in [5.41, 5.74) is 0. The molecule has 1 aliphatic heterocycles. The molecule has 2 atom stereocenters. The summed E-state index contributed by atoms with van der Waals surface area (Å²) in [5, 5.41) is 9.72. The Morgan fingerprint density at radius 1 is 1.19 bits per heavy atom. The van der Waals surface area contributed by atoms with E-state index < -0.39 is 0 Å². The number of hydrogen-bond donors (Lipinski definition) is 1. The van der Waals surface area contributed by atoms with E-state index in [1.165, 1.54) is 32.1 Å². The molecule has 2 unspecified atom stereocenters. The molecule has 0 aliphatic carbocycles. The third-order valence-corrected chi connectivity index (χ3v) is 4.41. The van der Waals surface area contributed by atoms with Crippen LogP contribution < -0.4 is 0 Å². The topological polar surface area (TPSA) is 46.5 Å². The molecule has 0 amide bonds. The van der Waals surface area contributed by atoms with E-state index in [4.69, 9.17) is 4.74 Å². The molecule has 0 radical (unpaired) electrons. The second-order valence-corrected chi connectivity index (χ2v) is 6.82. The van der Waals surface area contributed by atoms with Crippen molar-refractivity contribution < 1.29 is 19.1 Å². The zero-order chi connectivity index (χ0) is 15.6. The third kappa shape index (κ3) is 8.42. The number of carbonyl (C=O) groups is 1. The van der Waals surface area contributed by atoms with Crippen LogP contribution in [0.1, 0.15) is 64.7 Å². The van der Waals surface area contributed by atoms with Crippen LogP contribution in [0.2, 0.25) is 0 Å². The molecule has 0 aromatic heterocycles. The van der Waals surface area contributed by atoms with Crippen LogP contribution in [-0.2, 0) is 9.53 Å². The van der Waals surface area contributed by atoms with E-state index in [0.717, 1.165) is 32.2 Å². The summed E-state index contributed by atoms with van der Waals surface area (Å²) in [6.07, 6.45) is 10.2. The summed E-state index contributed by atoms with van der Waals surface area (Å²) in [6.45, 7) is 4.81. The number of unbranched alkanes of at least 4 members (excludes halogenated alkanes) is 6. The second-order valence-electron chi connectivity index (χ2n) is 6.82. The zero-order valence-electron chi connectivity index (χ0n) is 14.0. The van der Waals surface area contributed by atoms with E-state index in [1.54, 1.807) is 0 Å². The van der Waals surface area contributed by atoms with E-state index in [1.807, 2.05) is 7.05 Å². The highest BCUT2D eigenvalue weighted by atomic mass is 16.5. The molecule has 1 N–H and O–H groups in total. The van der Waals surface area contributed by atoms with Gasteiger partial charge in [-0.25, -0.2) is 4.79 Å². The lowest BCUT2D eigenvalue weighted by atomic mass is 10.1. The molecule has 1 saturated heterocycles. The minimum atomic E-state index is -0.264. The van der Waals surface area contributed by atoms with Gasteiger partial charge in [0.15, 0.2) is 6.54 Å². The fourth-order valence-electron chi connectivity index (χ4n) is 3.15. The molecule has 0 bridgehead atoms. The van der Waals surface area contributed by atoms with Crippen molar-refractivity contribution in [1.29, 1.82) is 0 Å². The van der Waals surface area contributed by atoms with Crippen molar-refractivity contribution in [1.82, 2.24) is 0 Å². The normalized spacial score (nSPS) is 25.8. The number of likely N-dealkylation sites (tertiary alicyclic amines) is 1. The van der Waals surface area contributed by atoms with Gasteiger partial charge in [-0.05, 0) is 19.3 Å². The van der Waals surface area contributed by atoms with Gasteiger partial charge in [-0.2, -0.15) is 0 Å². The number of rotatable bonds is 10. The van der Waals surface area contributed by atoms with Crippen molar-refractivity contribution in [3.05, 3.63) is 0 Å². The first kappa shape index (κ1) is 18.4. The molecule has 0 aromatic carbocycles. The molecular weight excluding hydrogens is 266 g/mol. The zero-order valence-corrected chi connectivity index (χ0v) is 14.0. The lowest BCUT2D eigenvalue weighted by Crippen LogP contribution is -2.55. The maximum absolute atomic E-state index is 11.9. The molecule has 1 aliphatic rings. The largest absolute Gasteiger partial charge is 0.462 e. The summed E-state index contributed by atoms with van der Waals surface area (Å²) in [6, 6.07) is 0. The average Bonchev–Trinajstić information content (AvgIpc) is 2.41. The Bertz CT molecular complexity index is 296. The van der Waals surface area contributed by atoms with Gasteiger partial charge < -0.3 is 14.3 Å². The maximum Gasteiger partial charge on any atom is 0.361 e. The number of nitrogens with zero attached hydrogens (tertiary/aromatic N) is 1. The Hall–Kier alpha value is -0.610. The molecule has 21 heavy (non-hydrogen) atoms. The summed E-state index contributed by atoms with van der Waals surface area (Å²) in [7, 11) is 2.04. The highest BCUT2D eigenvalue weighted by Crippen LogP contribution is 2.16. The molecule has 0 aromatic rings. The Kier molecular flexibility index (Phi) is 8.93. The number of ether oxygens (including phenoxy) is 1. The Labute approximate surface area is 130 Å².